The molecule has 0 aliphatic rings. The molecule has 4 rings (SSSR count). The Hall–Kier alpha value is -3.17. The van der Waals surface area contributed by atoms with Gasteiger partial charge in [-0.25, -0.2) is 4.98 Å². The van der Waals surface area contributed by atoms with Crippen molar-refractivity contribution in [1.29, 1.82) is 0 Å². The van der Waals surface area contributed by atoms with Gasteiger partial charge in [0.1, 0.15) is 5.82 Å². The summed E-state index contributed by atoms with van der Waals surface area (Å²) in [6.07, 6.45) is 3.14. The van der Waals surface area contributed by atoms with Crippen LogP contribution in [0.2, 0.25) is 0 Å². The van der Waals surface area contributed by atoms with Gasteiger partial charge in [-0.05, 0) is 48.7 Å². The predicted molar refractivity (Wildman–Crippen MR) is 119 cm³/mol. The van der Waals surface area contributed by atoms with Crippen molar-refractivity contribution in [3.8, 4) is 5.82 Å². The summed E-state index contributed by atoms with van der Waals surface area (Å²) >= 11 is 0. The molecule has 0 atom stereocenters. The van der Waals surface area contributed by atoms with Crippen molar-refractivity contribution in [2.75, 3.05) is 6.54 Å². The first-order valence-electron chi connectivity index (χ1n) is 10.2. The molecule has 0 amide bonds. The molecule has 2 heterocycles. The first-order valence-corrected chi connectivity index (χ1v) is 10.2. The predicted octanol–water partition coefficient (Wildman–Crippen LogP) is 5.43. The summed E-state index contributed by atoms with van der Waals surface area (Å²) in [5.41, 5.74) is 5.01. The van der Waals surface area contributed by atoms with E-state index in [1.807, 2.05) is 13.0 Å². The Labute approximate surface area is 173 Å². The van der Waals surface area contributed by atoms with Crippen LogP contribution in [-0.4, -0.2) is 21.0 Å². The van der Waals surface area contributed by atoms with Gasteiger partial charge in [0, 0.05) is 37.2 Å². The topological polar surface area (TPSA) is 21.1 Å². The highest BCUT2D eigenvalue weighted by molar-refractivity contribution is 5.29. The molecule has 146 valence electrons. The van der Waals surface area contributed by atoms with Crippen LogP contribution in [0.25, 0.3) is 5.82 Å². The molecule has 29 heavy (non-hydrogen) atoms. The Balaban J connectivity index is 1.54. The second kappa shape index (κ2) is 9.35. The quantitative estimate of drug-likeness (QED) is 0.406. The Bertz CT molecular complexity index is 1020. The maximum atomic E-state index is 4.71. The van der Waals surface area contributed by atoms with Crippen molar-refractivity contribution in [2.24, 2.45) is 0 Å². The van der Waals surface area contributed by atoms with Gasteiger partial charge in [0.15, 0.2) is 0 Å². The highest BCUT2D eigenvalue weighted by Gasteiger charge is 2.12. The van der Waals surface area contributed by atoms with Gasteiger partial charge < -0.3 is 4.57 Å². The number of aromatic nitrogens is 2. The van der Waals surface area contributed by atoms with E-state index in [1.165, 1.54) is 16.8 Å². The van der Waals surface area contributed by atoms with Crippen LogP contribution in [-0.2, 0) is 19.5 Å². The van der Waals surface area contributed by atoms with Crippen molar-refractivity contribution in [2.45, 2.75) is 26.4 Å². The number of rotatable bonds is 8. The van der Waals surface area contributed by atoms with Gasteiger partial charge in [0.25, 0.3) is 0 Å². The van der Waals surface area contributed by atoms with E-state index < -0.39 is 0 Å². The number of nitrogens with zero attached hydrogens (tertiary/aromatic N) is 3. The Morgan fingerprint density at radius 1 is 0.724 bits per heavy atom. The summed E-state index contributed by atoms with van der Waals surface area (Å²) in [5.74, 6) is 0.979. The minimum absolute atomic E-state index is 0.879. The number of benzene rings is 2. The summed E-state index contributed by atoms with van der Waals surface area (Å²) in [5, 5.41) is 0. The van der Waals surface area contributed by atoms with Crippen LogP contribution in [0.1, 0.15) is 22.5 Å². The minimum Gasteiger partial charge on any atom is -0.304 e. The lowest BCUT2D eigenvalue weighted by molar-refractivity contribution is 0.255. The van der Waals surface area contributed by atoms with Crippen LogP contribution < -0.4 is 0 Å². The minimum atomic E-state index is 0.879. The Kier molecular flexibility index (Phi) is 6.18. The molecule has 3 heteroatoms. The van der Waals surface area contributed by atoms with Crippen molar-refractivity contribution in [1.82, 2.24) is 14.5 Å². The molecule has 0 saturated carbocycles. The molecule has 0 radical (unpaired) electrons. The monoisotopic (exact) mass is 381 g/mol. The van der Waals surface area contributed by atoms with Gasteiger partial charge in [-0.1, -0.05) is 66.7 Å². The summed E-state index contributed by atoms with van der Waals surface area (Å²) in [7, 11) is 0. The van der Waals surface area contributed by atoms with Gasteiger partial charge >= 0.3 is 0 Å². The first-order chi connectivity index (χ1) is 14.3. The SMILES string of the molecule is Cc1cccc(-n2cccc2CN(CCc2ccccc2)Cc2ccccc2)n1. The third-order valence-corrected chi connectivity index (χ3v) is 5.15. The van der Waals surface area contributed by atoms with E-state index in [0.29, 0.717) is 0 Å². The third kappa shape index (κ3) is 5.21. The van der Waals surface area contributed by atoms with E-state index in [0.717, 1.165) is 37.6 Å². The van der Waals surface area contributed by atoms with E-state index in [9.17, 15) is 0 Å². The van der Waals surface area contributed by atoms with E-state index in [4.69, 9.17) is 4.98 Å². The van der Waals surface area contributed by atoms with Crippen LogP contribution in [0.4, 0.5) is 0 Å². The summed E-state index contributed by atoms with van der Waals surface area (Å²) in [4.78, 5) is 7.22. The lowest BCUT2D eigenvalue weighted by atomic mass is 10.1. The van der Waals surface area contributed by atoms with E-state index in [1.54, 1.807) is 0 Å². The third-order valence-electron chi connectivity index (χ3n) is 5.15. The molecule has 0 aliphatic heterocycles. The standard InChI is InChI=1S/C26H27N3/c1-22-10-8-16-26(27-22)29-18-9-15-25(29)21-28(20-24-13-6-3-7-14-24)19-17-23-11-4-2-5-12-23/h2-16,18H,17,19-21H2,1H3. The molecule has 0 bridgehead atoms. The van der Waals surface area contributed by atoms with Crippen LogP contribution in [0.3, 0.4) is 0 Å². The molecule has 0 unspecified atom stereocenters. The maximum absolute atomic E-state index is 4.71. The van der Waals surface area contributed by atoms with Gasteiger partial charge in [-0.2, -0.15) is 0 Å². The maximum Gasteiger partial charge on any atom is 0.137 e. The van der Waals surface area contributed by atoms with Crippen molar-refractivity contribution < 1.29 is 0 Å². The molecule has 3 nitrogen and oxygen atoms in total. The smallest absolute Gasteiger partial charge is 0.137 e. The molecule has 0 aliphatic carbocycles. The van der Waals surface area contributed by atoms with Gasteiger partial charge in [-0.15, -0.1) is 0 Å². The Morgan fingerprint density at radius 3 is 2.17 bits per heavy atom. The fourth-order valence-corrected chi connectivity index (χ4v) is 3.65. The van der Waals surface area contributed by atoms with E-state index in [-0.39, 0.29) is 0 Å². The zero-order valence-electron chi connectivity index (χ0n) is 16.9. The average Bonchev–Trinajstić information content (AvgIpc) is 3.22. The Morgan fingerprint density at radius 2 is 1.45 bits per heavy atom. The number of hydrogen-bond donors (Lipinski definition) is 0. The molecule has 0 fully saturated rings. The molecule has 2 aromatic carbocycles. The lowest BCUT2D eigenvalue weighted by Gasteiger charge is -2.23. The van der Waals surface area contributed by atoms with E-state index >= 15 is 0 Å². The molecule has 0 N–H and O–H groups in total. The van der Waals surface area contributed by atoms with Crippen LogP contribution in [0, 0.1) is 6.92 Å². The molecule has 2 aromatic heterocycles. The lowest BCUT2D eigenvalue weighted by Crippen LogP contribution is -2.26. The molecular formula is C26H27N3. The summed E-state index contributed by atoms with van der Waals surface area (Å²) in [6, 6.07) is 31.9. The van der Waals surface area contributed by atoms with Crippen molar-refractivity contribution >= 4 is 0 Å². The summed E-state index contributed by atoms with van der Waals surface area (Å²) < 4.78 is 2.20. The van der Waals surface area contributed by atoms with Gasteiger partial charge in [-0.3, -0.25) is 4.90 Å². The normalized spacial score (nSPS) is 11.1. The van der Waals surface area contributed by atoms with Gasteiger partial charge in [0.2, 0.25) is 0 Å². The number of pyridine rings is 1. The number of hydrogen-bond acceptors (Lipinski definition) is 2. The van der Waals surface area contributed by atoms with Crippen LogP contribution in [0.15, 0.2) is 97.2 Å². The van der Waals surface area contributed by atoms with Crippen molar-refractivity contribution in [3.05, 3.63) is 120 Å². The van der Waals surface area contributed by atoms with Crippen molar-refractivity contribution in [3.63, 3.8) is 0 Å². The molecule has 0 saturated heterocycles. The second-order valence-electron chi connectivity index (χ2n) is 7.44. The first kappa shape index (κ1) is 19.2. The fourth-order valence-electron chi connectivity index (χ4n) is 3.65. The van der Waals surface area contributed by atoms with E-state index in [2.05, 4.69) is 101 Å². The summed E-state index contributed by atoms with van der Waals surface area (Å²) in [6.45, 7) is 4.85. The largest absolute Gasteiger partial charge is 0.304 e. The zero-order valence-corrected chi connectivity index (χ0v) is 16.9. The highest BCUT2D eigenvalue weighted by Crippen LogP contribution is 2.16. The zero-order chi connectivity index (χ0) is 19.9. The molecule has 0 spiro atoms. The highest BCUT2D eigenvalue weighted by atomic mass is 15.2. The average molecular weight is 382 g/mol. The second-order valence-corrected chi connectivity index (χ2v) is 7.44. The molecule has 4 aromatic rings. The fraction of sp³-hybridized carbons (Fsp3) is 0.192. The van der Waals surface area contributed by atoms with Crippen LogP contribution in [0.5, 0.6) is 0 Å². The van der Waals surface area contributed by atoms with Gasteiger partial charge in [0.05, 0.1) is 0 Å². The molecular weight excluding hydrogens is 354 g/mol. The van der Waals surface area contributed by atoms with Crippen LogP contribution >= 0.6 is 0 Å². The number of aryl methyl sites for hydroxylation is 1.